The molecule has 1 N–H and O–H groups in total. The molecule has 162 valence electrons. The van der Waals surface area contributed by atoms with E-state index in [1.54, 1.807) is 16.2 Å². The van der Waals surface area contributed by atoms with E-state index in [-0.39, 0.29) is 17.2 Å². The van der Waals surface area contributed by atoms with Gasteiger partial charge in [-0.05, 0) is 49.2 Å². The summed E-state index contributed by atoms with van der Waals surface area (Å²) in [4.78, 5) is 32.1. The fourth-order valence-corrected chi connectivity index (χ4v) is 5.10. The van der Waals surface area contributed by atoms with E-state index >= 15 is 0 Å². The van der Waals surface area contributed by atoms with Gasteiger partial charge in [-0.15, -0.1) is 11.3 Å². The molecule has 0 radical (unpaired) electrons. The Labute approximate surface area is 187 Å². The molecule has 3 heterocycles. The zero-order valence-electron chi connectivity index (χ0n) is 17.1. The topological polar surface area (TPSA) is 75.4 Å². The van der Waals surface area contributed by atoms with Crippen LogP contribution in [0.2, 0.25) is 0 Å². The van der Waals surface area contributed by atoms with Crippen molar-refractivity contribution >= 4 is 39.1 Å². The first-order chi connectivity index (χ1) is 15.6. The first-order valence-electron chi connectivity index (χ1n) is 10.4. The molecule has 1 fully saturated rings. The van der Waals surface area contributed by atoms with Crippen molar-refractivity contribution in [3.8, 4) is 0 Å². The van der Waals surface area contributed by atoms with Gasteiger partial charge in [0.25, 0.3) is 11.8 Å². The maximum absolute atomic E-state index is 13.9. The number of furan rings is 1. The zero-order valence-corrected chi connectivity index (χ0v) is 17.9. The molecule has 1 aliphatic heterocycles. The third kappa shape index (κ3) is 4.01. The predicted molar refractivity (Wildman–Crippen MR) is 121 cm³/mol. The monoisotopic (exact) mass is 449 g/mol. The minimum Gasteiger partial charge on any atom is -0.472 e. The lowest BCUT2D eigenvalue weighted by Gasteiger charge is -2.31. The first-order valence-corrected chi connectivity index (χ1v) is 11.2. The Morgan fingerprint density at radius 1 is 1.12 bits per heavy atom. The summed E-state index contributed by atoms with van der Waals surface area (Å²) < 4.78 is 20.0. The normalized spacial score (nSPS) is 14.6. The second-order valence-electron chi connectivity index (χ2n) is 7.74. The highest BCUT2D eigenvalue weighted by Gasteiger charge is 2.28. The fourth-order valence-electron chi connectivity index (χ4n) is 3.96. The van der Waals surface area contributed by atoms with Crippen LogP contribution in [0.25, 0.3) is 10.2 Å². The molecular weight excluding hydrogens is 429 g/mol. The number of amides is 2. The van der Waals surface area contributed by atoms with Crippen LogP contribution in [0.5, 0.6) is 0 Å². The first kappa shape index (κ1) is 20.4. The van der Waals surface area contributed by atoms with Crippen molar-refractivity contribution < 1.29 is 18.4 Å². The number of hydrogen-bond acceptors (Lipinski definition) is 5. The average molecular weight is 450 g/mol. The van der Waals surface area contributed by atoms with Crippen LogP contribution in [0, 0.1) is 5.82 Å². The maximum Gasteiger partial charge on any atom is 0.258 e. The van der Waals surface area contributed by atoms with Crippen LogP contribution in [0.1, 0.15) is 44.5 Å². The van der Waals surface area contributed by atoms with Crippen LogP contribution in [-0.4, -0.2) is 34.8 Å². The SMILES string of the molecule is O=C(Nc1cc(F)ccc1C(=O)N1CCC(c2nc3ccccc3s2)CC1)c1ccoc1. The summed E-state index contributed by atoms with van der Waals surface area (Å²) in [5.41, 5.74) is 1.72. The lowest BCUT2D eigenvalue weighted by atomic mass is 9.96. The number of halogens is 1. The summed E-state index contributed by atoms with van der Waals surface area (Å²) in [6.07, 6.45) is 4.29. The molecule has 6 nitrogen and oxygen atoms in total. The molecule has 4 aromatic rings. The largest absolute Gasteiger partial charge is 0.472 e. The van der Waals surface area contributed by atoms with Gasteiger partial charge < -0.3 is 14.6 Å². The van der Waals surface area contributed by atoms with Gasteiger partial charge in [0, 0.05) is 19.0 Å². The van der Waals surface area contributed by atoms with E-state index < -0.39 is 11.7 Å². The summed E-state index contributed by atoms with van der Waals surface area (Å²) >= 11 is 1.71. The molecule has 2 aromatic heterocycles. The number of rotatable bonds is 4. The number of thiazole rings is 1. The second kappa shape index (κ2) is 8.55. The molecule has 0 bridgehead atoms. The number of piperidine rings is 1. The lowest BCUT2D eigenvalue weighted by Crippen LogP contribution is -2.38. The Morgan fingerprint density at radius 3 is 2.69 bits per heavy atom. The van der Waals surface area contributed by atoms with Gasteiger partial charge in [-0.2, -0.15) is 0 Å². The minimum atomic E-state index is -0.529. The number of nitrogens with zero attached hydrogens (tertiary/aromatic N) is 2. The molecule has 0 atom stereocenters. The van der Waals surface area contributed by atoms with E-state index in [0.717, 1.165) is 23.4 Å². The Morgan fingerprint density at radius 2 is 1.94 bits per heavy atom. The van der Waals surface area contributed by atoms with E-state index in [2.05, 4.69) is 11.4 Å². The number of fused-ring (bicyclic) bond motifs is 1. The van der Waals surface area contributed by atoms with Crippen molar-refractivity contribution in [2.24, 2.45) is 0 Å². The number of hydrogen-bond donors (Lipinski definition) is 1. The van der Waals surface area contributed by atoms with Crippen LogP contribution in [0.3, 0.4) is 0 Å². The summed E-state index contributed by atoms with van der Waals surface area (Å²) in [5, 5.41) is 3.73. The summed E-state index contributed by atoms with van der Waals surface area (Å²) in [5.74, 6) is -0.910. The standard InChI is InChI=1S/C24H20FN3O3S/c25-17-5-6-18(20(13-17)26-22(29)16-9-12-31-14-16)24(30)28-10-7-15(8-11-28)23-27-19-3-1-2-4-21(19)32-23/h1-6,9,12-15H,7-8,10-11H2,(H,26,29). The number of para-hydroxylation sites is 1. The number of anilines is 1. The lowest BCUT2D eigenvalue weighted by molar-refractivity contribution is 0.0714. The number of aromatic nitrogens is 1. The Balaban J connectivity index is 1.30. The van der Waals surface area contributed by atoms with Gasteiger partial charge in [-0.1, -0.05) is 12.1 Å². The minimum absolute atomic E-state index is 0.148. The van der Waals surface area contributed by atoms with Crippen molar-refractivity contribution in [3.05, 3.63) is 83.0 Å². The van der Waals surface area contributed by atoms with Crippen LogP contribution < -0.4 is 5.32 Å². The van der Waals surface area contributed by atoms with Crippen LogP contribution in [-0.2, 0) is 0 Å². The Bertz CT molecular complexity index is 1240. The number of benzene rings is 2. The quantitative estimate of drug-likeness (QED) is 0.459. The number of likely N-dealkylation sites (tertiary alicyclic amines) is 1. The van der Waals surface area contributed by atoms with E-state index in [0.29, 0.717) is 24.6 Å². The molecule has 0 saturated carbocycles. The van der Waals surface area contributed by atoms with Gasteiger partial charge >= 0.3 is 0 Å². The van der Waals surface area contributed by atoms with Crippen LogP contribution in [0.4, 0.5) is 10.1 Å². The van der Waals surface area contributed by atoms with E-state index in [1.807, 2.05) is 18.2 Å². The molecule has 5 rings (SSSR count). The molecule has 1 aliphatic rings. The zero-order chi connectivity index (χ0) is 22.1. The van der Waals surface area contributed by atoms with Crippen molar-refractivity contribution in [3.63, 3.8) is 0 Å². The van der Waals surface area contributed by atoms with Gasteiger partial charge in [-0.25, -0.2) is 9.37 Å². The van der Waals surface area contributed by atoms with E-state index in [1.165, 1.54) is 41.5 Å². The van der Waals surface area contributed by atoms with Crippen molar-refractivity contribution in [1.82, 2.24) is 9.88 Å². The van der Waals surface area contributed by atoms with Gasteiger partial charge in [0.05, 0.1) is 38.3 Å². The third-order valence-corrected chi connectivity index (χ3v) is 6.88. The van der Waals surface area contributed by atoms with Crippen molar-refractivity contribution in [1.29, 1.82) is 0 Å². The molecule has 2 aromatic carbocycles. The highest BCUT2D eigenvalue weighted by atomic mass is 32.1. The van der Waals surface area contributed by atoms with Gasteiger partial charge in [0.1, 0.15) is 12.1 Å². The van der Waals surface area contributed by atoms with Crippen LogP contribution >= 0.6 is 11.3 Å². The molecule has 0 unspecified atom stereocenters. The number of nitrogens with one attached hydrogen (secondary N) is 1. The second-order valence-corrected chi connectivity index (χ2v) is 8.80. The van der Waals surface area contributed by atoms with Gasteiger partial charge in [0.2, 0.25) is 0 Å². The molecule has 32 heavy (non-hydrogen) atoms. The Hall–Kier alpha value is -3.52. The van der Waals surface area contributed by atoms with Gasteiger partial charge in [0.15, 0.2) is 0 Å². The van der Waals surface area contributed by atoms with Crippen LogP contribution in [0.15, 0.2) is 65.5 Å². The molecule has 2 amide bonds. The Kier molecular flexibility index (Phi) is 5.45. The number of carbonyl (C=O) groups is 2. The molecular formula is C24H20FN3O3S. The van der Waals surface area contributed by atoms with E-state index in [9.17, 15) is 14.0 Å². The predicted octanol–water partition coefficient (Wildman–Crippen LogP) is 5.30. The highest BCUT2D eigenvalue weighted by Crippen LogP contribution is 2.34. The van der Waals surface area contributed by atoms with Crippen molar-refractivity contribution in [2.75, 3.05) is 18.4 Å². The fraction of sp³-hybridized carbons (Fsp3) is 0.208. The van der Waals surface area contributed by atoms with Crippen molar-refractivity contribution in [2.45, 2.75) is 18.8 Å². The molecule has 0 spiro atoms. The average Bonchev–Trinajstić information content (AvgIpc) is 3.49. The smallest absolute Gasteiger partial charge is 0.258 e. The maximum atomic E-state index is 13.9. The van der Waals surface area contributed by atoms with Gasteiger partial charge in [-0.3, -0.25) is 9.59 Å². The summed E-state index contributed by atoms with van der Waals surface area (Å²) in [6, 6.07) is 13.4. The summed E-state index contributed by atoms with van der Waals surface area (Å²) in [6.45, 7) is 1.15. The molecule has 1 saturated heterocycles. The third-order valence-electron chi connectivity index (χ3n) is 5.69. The summed E-state index contributed by atoms with van der Waals surface area (Å²) in [7, 11) is 0. The molecule has 8 heteroatoms. The molecule has 0 aliphatic carbocycles. The highest BCUT2D eigenvalue weighted by molar-refractivity contribution is 7.18. The number of carbonyl (C=O) groups excluding carboxylic acids is 2. The van der Waals surface area contributed by atoms with E-state index in [4.69, 9.17) is 9.40 Å².